The summed E-state index contributed by atoms with van der Waals surface area (Å²) in [6.07, 6.45) is 3.25. The Morgan fingerprint density at radius 3 is 3.00 bits per heavy atom. The molecule has 2 N–H and O–H groups in total. The maximum absolute atomic E-state index is 6.00. The molecule has 0 aromatic carbocycles. The van der Waals surface area contributed by atoms with Crippen LogP contribution in [0, 0.1) is 0 Å². The molecule has 4 heteroatoms. The van der Waals surface area contributed by atoms with E-state index >= 15 is 0 Å². The quantitative estimate of drug-likeness (QED) is 0.812. The van der Waals surface area contributed by atoms with Gasteiger partial charge < -0.3 is 10.3 Å². The van der Waals surface area contributed by atoms with Gasteiger partial charge in [0.15, 0.2) is 0 Å². The first-order valence-corrected chi connectivity index (χ1v) is 5.34. The third-order valence-electron chi connectivity index (χ3n) is 2.90. The van der Waals surface area contributed by atoms with Crippen LogP contribution in [0.4, 0.5) is 5.69 Å². The number of hydrogen-bond donors (Lipinski definition) is 1. The summed E-state index contributed by atoms with van der Waals surface area (Å²) >= 11 is 0. The molecule has 0 bridgehead atoms. The van der Waals surface area contributed by atoms with Crippen molar-refractivity contribution in [2.24, 2.45) is 0 Å². The summed E-state index contributed by atoms with van der Waals surface area (Å²) in [7, 11) is 0. The van der Waals surface area contributed by atoms with E-state index in [4.69, 9.17) is 10.3 Å². The Labute approximate surface area is 87.5 Å². The van der Waals surface area contributed by atoms with E-state index in [0.717, 1.165) is 28.9 Å². The van der Waals surface area contributed by atoms with Crippen LogP contribution in [0.15, 0.2) is 10.6 Å². The van der Waals surface area contributed by atoms with Crippen LogP contribution in [0.3, 0.4) is 0 Å². The molecule has 78 valence electrons. The van der Waals surface area contributed by atoms with Crippen LogP contribution in [-0.4, -0.2) is 10.1 Å². The Hall–Kier alpha value is -1.58. The number of nitrogens with zero attached hydrogens (tertiary/aromatic N) is 2. The van der Waals surface area contributed by atoms with Gasteiger partial charge in [-0.05, 0) is 25.3 Å². The van der Waals surface area contributed by atoms with Crippen LogP contribution in [0.5, 0.6) is 0 Å². The summed E-state index contributed by atoms with van der Waals surface area (Å²) in [5.41, 5.74) is 9.30. The Kier molecular flexibility index (Phi) is 1.71. The van der Waals surface area contributed by atoms with Crippen LogP contribution in [-0.2, 0) is 6.42 Å². The van der Waals surface area contributed by atoms with E-state index in [9.17, 15) is 0 Å². The van der Waals surface area contributed by atoms with Gasteiger partial charge in [-0.15, -0.1) is 0 Å². The highest BCUT2D eigenvalue weighted by molar-refractivity contribution is 5.89. The van der Waals surface area contributed by atoms with Gasteiger partial charge in [0.1, 0.15) is 0 Å². The molecule has 0 spiro atoms. The van der Waals surface area contributed by atoms with Gasteiger partial charge in [0, 0.05) is 17.3 Å². The number of hydrogen-bond acceptors (Lipinski definition) is 4. The molecule has 3 rings (SSSR count). The highest BCUT2D eigenvalue weighted by Crippen LogP contribution is 2.40. The van der Waals surface area contributed by atoms with E-state index in [1.165, 1.54) is 12.8 Å². The first-order valence-electron chi connectivity index (χ1n) is 5.34. The molecular weight excluding hydrogens is 190 g/mol. The zero-order chi connectivity index (χ0) is 10.4. The largest absolute Gasteiger partial charge is 0.398 e. The molecule has 15 heavy (non-hydrogen) atoms. The first kappa shape index (κ1) is 8.71. The summed E-state index contributed by atoms with van der Waals surface area (Å²) in [6.45, 7) is 2.03. The first-order chi connectivity index (χ1) is 7.29. The minimum atomic E-state index is 0.590. The lowest BCUT2D eigenvalue weighted by molar-refractivity contribution is 0.439. The molecule has 1 aliphatic carbocycles. The highest BCUT2D eigenvalue weighted by atomic mass is 16.5. The maximum atomic E-state index is 6.00. The summed E-state index contributed by atoms with van der Waals surface area (Å²) in [6, 6.07) is 1.97. The molecule has 4 nitrogen and oxygen atoms in total. The standard InChI is InChI=1S/C11H13N3O/c1-2-8-10-7(12)5-9(6-3-4-6)13-11(10)15-14-8/h5-6H,2-4H2,1H3,(H2,12,13). The Bertz CT molecular complexity index is 514. The third-order valence-corrected chi connectivity index (χ3v) is 2.90. The summed E-state index contributed by atoms with van der Waals surface area (Å²) in [4.78, 5) is 4.46. The number of aryl methyl sites for hydroxylation is 1. The minimum absolute atomic E-state index is 0.590. The van der Waals surface area contributed by atoms with Crippen LogP contribution in [0.2, 0.25) is 0 Å². The van der Waals surface area contributed by atoms with Crippen LogP contribution in [0.25, 0.3) is 11.1 Å². The fourth-order valence-corrected chi connectivity index (χ4v) is 1.89. The zero-order valence-corrected chi connectivity index (χ0v) is 8.66. The second-order valence-corrected chi connectivity index (χ2v) is 4.07. The van der Waals surface area contributed by atoms with Gasteiger partial charge in [0.2, 0.25) is 0 Å². The van der Waals surface area contributed by atoms with Crippen molar-refractivity contribution < 1.29 is 4.52 Å². The Morgan fingerprint density at radius 1 is 1.53 bits per heavy atom. The van der Waals surface area contributed by atoms with Crippen molar-refractivity contribution in [2.45, 2.75) is 32.1 Å². The van der Waals surface area contributed by atoms with Gasteiger partial charge in [-0.1, -0.05) is 12.1 Å². The van der Waals surface area contributed by atoms with E-state index in [2.05, 4.69) is 10.1 Å². The molecule has 1 aliphatic rings. The normalized spacial score (nSPS) is 16.1. The van der Waals surface area contributed by atoms with Gasteiger partial charge in [-0.2, -0.15) is 0 Å². The average molecular weight is 203 g/mol. The van der Waals surface area contributed by atoms with Crippen molar-refractivity contribution in [3.8, 4) is 0 Å². The van der Waals surface area contributed by atoms with Crippen LogP contribution >= 0.6 is 0 Å². The molecule has 2 aromatic heterocycles. The summed E-state index contributed by atoms with van der Waals surface area (Å²) < 4.78 is 5.20. The van der Waals surface area contributed by atoms with E-state index in [1.807, 2.05) is 13.0 Å². The Balaban J connectivity index is 2.23. The van der Waals surface area contributed by atoms with Gasteiger partial charge in [0.05, 0.1) is 11.1 Å². The number of aromatic nitrogens is 2. The SMILES string of the molecule is CCc1noc2nc(C3CC3)cc(N)c12. The van der Waals surface area contributed by atoms with Gasteiger partial charge in [-0.25, -0.2) is 4.98 Å². The predicted octanol–water partition coefficient (Wildman–Crippen LogP) is 2.24. The monoisotopic (exact) mass is 203 g/mol. The van der Waals surface area contributed by atoms with Crippen LogP contribution in [0.1, 0.15) is 37.1 Å². The van der Waals surface area contributed by atoms with E-state index in [1.54, 1.807) is 0 Å². The van der Waals surface area contributed by atoms with E-state index in [-0.39, 0.29) is 0 Å². The average Bonchev–Trinajstić information content (AvgIpc) is 2.99. The number of nitrogens with two attached hydrogens (primary N) is 1. The molecule has 0 amide bonds. The second-order valence-electron chi connectivity index (χ2n) is 4.07. The summed E-state index contributed by atoms with van der Waals surface area (Å²) in [5, 5.41) is 4.87. The second kappa shape index (κ2) is 2.95. The number of rotatable bonds is 2. The third kappa shape index (κ3) is 1.28. The number of nitrogen functional groups attached to an aromatic ring is 1. The minimum Gasteiger partial charge on any atom is -0.398 e. The molecule has 0 aliphatic heterocycles. The van der Waals surface area contributed by atoms with Gasteiger partial charge >= 0.3 is 0 Å². The van der Waals surface area contributed by atoms with Crippen molar-refractivity contribution in [3.63, 3.8) is 0 Å². The Morgan fingerprint density at radius 2 is 2.33 bits per heavy atom. The molecule has 0 radical (unpaired) electrons. The zero-order valence-electron chi connectivity index (χ0n) is 8.66. The molecule has 1 fully saturated rings. The summed E-state index contributed by atoms with van der Waals surface area (Å²) in [5.74, 6) is 0.590. The van der Waals surface area contributed by atoms with Crippen molar-refractivity contribution >= 4 is 16.8 Å². The lowest BCUT2D eigenvalue weighted by atomic mass is 10.1. The molecule has 0 saturated heterocycles. The lowest BCUT2D eigenvalue weighted by Crippen LogP contribution is -1.94. The molecule has 0 unspecified atom stereocenters. The number of fused-ring (bicyclic) bond motifs is 1. The van der Waals surface area contributed by atoms with Crippen molar-refractivity contribution in [1.29, 1.82) is 0 Å². The van der Waals surface area contributed by atoms with Crippen molar-refractivity contribution in [1.82, 2.24) is 10.1 Å². The highest BCUT2D eigenvalue weighted by Gasteiger charge is 2.26. The molecule has 0 atom stereocenters. The smallest absolute Gasteiger partial charge is 0.260 e. The topological polar surface area (TPSA) is 64.9 Å². The predicted molar refractivity (Wildman–Crippen MR) is 57.6 cm³/mol. The fourth-order valence-electron chi connectivity index (χ4n) is 1.89. The van der Waals surface area contributed by atoms with Gasteiger partial charge in [0.25, 0.3) is 5.71 Å². The number of pyridine rings is 1. The molecule has 1 saturated carbocycles. The van der Waals surface area contributed by atoms with E-state index < -0.39 is 0 Å². The van der Waals surface area contributed by atoms with Gasteiger partial charge in [-0.3, -0.25) is 0 Å². The van der Waals surface area contributed by atoms with Crippen molar-refractivity contribution in [2.75, 3.05) is 5.73 Å². The fraction of sp³-hybridized carbons (Fsp3) is 0.455. The maximum Gasteiger partial charge on any atom is 0.260 e. The molecule has 2 aromatic rings. The van der Waals surface area contributed by atoms with Crippen molar-refractivity contribution in [3.05, 3.63) is 17.5 Å². The molecular formula is C11H13N3O. The van der Waals surface area contributed by atoms with Crippen LogP contribution < -0.4 is 5.73 Å². The lowest BCUT2D eigenvalue weighted by Gasteiger charge is -2.00. The van der Waals surface area contributed by atoms with E-state index in [0.29, 0.717) is 11.6 Å². The number of anilines is 1. The molecule has 2 heterocycles.